The Balaban J connectivity index is 2.37. The van der Waals surface area contributed by atoms with Gasteiger partial charge in [-0.25, -0.2) is 5.06 Å². The maximum atomic E-state index is 11.9. The molecule has 0 atom stereocenters. The van der Waals surface area contributed by atoms with Crippen LogP contribution >= 0.6 is 11.3 Å². The van der Waals surface area contributed by atoms with Crippen molar-refractivity contribution >= 4 is 17.2 Å². The highest BCUT2D eigenvalue weighted by Crippen LogP contribution is 2.21. The van der Waals surface area contributed by atoms with Crippen LogP contribution in [0.25, 0.3) is 5.69 Å². The molecule has 2 heterocycles. The lowest BCUT2D eigenvalue weighted by Crippen LogP contribution is -2.25. The molecule has 1 amide bonds. The van der Waals surface area contributed by atoms with Gasteiger partial charge in [0.2, 0.25) is 0 Å². The second-order valence-electron chi connectivity index (χ2n) is 2.87. The minimum absolute atomic E-state index is 0.233. The average Bonchev–Trinajstić information content (AvgIpc) is 2.95. The minimum Gasteiger partial charge on any atom is -0.274 e. The Bertz CT molecular complexity index is 480. The second kappa shape index (κ2) is 4.37. The number of tetrazole rings is 1. The molecule has 0 aliphatic carbocycles. The molecule has 0 saturated heterocycles. The molecule has 0 fully saturated rings. The molecule has 0 bridgehead atoms. The van der Waals surface area contributed by atoms with Crippen molar-refractivity contribution in [3.63, 3.8) is 0 Å². The number of carbonyl (C=O) groups is 1. The van der Waals surface area contributed by atoms with Gasteiger partial charge in [-0.05, 0) is 21.9 Å². The highest BCUT2D eigenvalue weighted by atomic mass is 32.1. The number of hydrogen-bond acceptors (Lipinski definition) is 6. The van der Waals surface area contributed by atoms with E-state index in [1.165, 1.54) is 29.5 Å². The van der Waals surface area contributed by atoms with Crippen molar-refractivity contribution in [2.45, 2.75) is 0 Å². The zero-order valence-electron chi connectivity index (χ0n) is 8.69. The highest BCUT2D eigenvalue weighted by Gasteiger charge is 2.19. The summed E-state index contributed by atoms with van der Waals surface area (Å²) in [6.45, 7) is 0. The number of hydroxylamine groups is 2. The number of amides is 1. The van der Waals surface area contributed by atoms with Crippen molar-refractivity contribution in [2.75, 3.05) is 14.2 Å². The van der Waals surface area contributed by atoms with Crippen LogP contribution in [0.1, 0.15) is 9.67 Å². The van der Waals surface area contributed by atoms with Crippen LogP contribution in [0.3, 0.4) is 0 Å². The molecule has 0 radical (unpaired) electrons. The van der Waals surface area contributed by atoms with Gasteiger partial charge < -0.3 is 0 Å². The molecular formula is C8H9N5O2S. The summed E-state index contributed by atoms with van der Waals surface area (Å²) in [5.74, 6) is -0.233. The van der Waals surface area contributed by atoms with Crippen molar-refractivity contribution in [3.05, 3.63) is 22.7 Å². The SMILES string of the molecule is CON(C)C(=O)c1sccc1-n1cnnn1. The molecule has 84 valence electrons. The summed E-state index contributed by atoms with van der Waals surface area (Å²) in [5, 5.41) is 13.7. The topological polar surface area (TPSA) is 73.1 Å². The third-order valence-electron chi connectivity index (χ3n) is 1.99. The molecule has 0 unspecified atom stereocenters. The van der Waals surface area contributed by atoms with E-state index in [-0.39, 0.29) is 5.91 Å². The van der Waals surface area contributed by atoms with Gasteiger partial charge in [-0.1, -0.05) is 0 Å². The summed E-state index contributed by atoms with van der Waals surface area (Å²) in [6.07, 6.45) is 1.44. The maximum absolute atomic E-state index is 11.9. The summed E-state index contributed by atoms with van der Waals surface area (Å²) in [6, 6.07) is 1.78. The van der Waals surface area contributed by atoms with Crippen LogP contribution < -0.4 is 0 Å². The van der Waals surface area contributed by atoms with E-state index in [0.717, 1.165) is 5.06 Å². The maximum Gasteiger partial charge on any atom is 0.289 e. The Kier molecular flexibility index (Phi) is 2.93. The molecule has 0 aliphatic heterocycles. The molecule has 0 aromatic carbocycles. The fourth-order valence-corrected chi connectivity index (χ4v) is 1.99. The molecule has 0 spiro atoms. The van der Waals surface area contributed by atoms with Gasteiger partial charge in [0.15, 0.2) is 0 Å². The van der Waals surface area contributed by atoms with Crippen LogP contribution in [0, 0.1) is 0 Å². The van der Waals surface area contributed by atoms with Gasteiger partial charge in [-0.3, -0.25) is 9.63 Å². The number of carbonyl (C=O) groups excluding carboxylic acids is 1. The van der Waals surface area contributed by atoms with E-state index in [9.17, 15) is 4.79 Å². The smallest absolute Gasteiger partial charge is 0.274 e. The summed E-state index contributed by atoms with van der Waals surface area (Å²) in [4.78, 5) is 17.2. The molecule has 2 aromatic rings. The van der Waals surface area contributed by atoms with Crippen molar-refractivity contribution < 1.29 is 9.63 Å². The van der Waals surface area contributed by atoms with Crippen LogP contribution in [-0.2, 0) is 4.84 Å². The van der Waals surface area contributed by atoms with Gasteiger partial charge in [0.25, 0.3) is 5.91 Å². The van der Waals surface area contributed by atoms with Crippen LogP contribution in [0.4, 0.5) is 0 Å². The first kappa shape index (κ1) is 10.7. The standard InChI is InChI=1S/C8H9N5O2S/c1-12(15-2)8(14)7-6(3-4-16-7)13-5-9-10-11-13/h3-5H,1-2H3. The molecular weight excluding hydrogens is 230 g/mol. The average molecular weight is 239 g/mol. The fraction of sp³-hybridized carbons (Fsp3) is 0.250. The minimum atomic E-state index is -0.233. The van der Waals surface area contributed by atoms with E-state index in [1.54, 1.807) is 18.5 Å². The van der Waals surface area contributed by atoms with Crippen molar-refractivity contribution in [1.82, 2.24) is 25.3 Å². The molecule has 2 aromatic heterocycles. The molecule has 7 nitrogen and oxygen atoms in total. The lowest BCUT2D eigenvalue weighted by atomic mass is 10.3. The second-order valence-corrected chi connectivity index (χ2v) is 3.79. The lowest BCUT2D eigenvalue weighted by molar-refractivity contribution is -0.0753. The van der Waals surface area contributed by atoms with Gasteiger partial charge in [-0.15, -0.1) is 16.4 Å². The Labute approximate surface area is 95.2 Å². The Morgan fingerprint density at radius 2 is 2.44 bits per heavy atom. The van der Waals surface area contributed by atoms with E-state index in [2.05, 4.69) is 15.5 Å². The quantitative estimate of drug-likeness (QED) is 0.723. The first-order valence-corrected chi connectivity index (χ1v) is 5.25. The normalized spacial score (nSPS) is 10.4. The van der Waals surface area contributed by atoms with Gasteiger partial charge in [-0.2, -0.15) is 4.68 Å². The molecule has 0 N–H and O–H groups in total. The number of rotatable bonds is 3. The largest absolute Gasteiger partial charge is 0.289 e. The fourth-order valence-electron chi connectivity index (χ4n) is 1.14. The monoisotopic (exact) mass is 239 g/mol. The Morgan fingerprint density at radius 1 is 1.62 bits per heavy atom. The molecule has 2 rings (SSSR count). The number of aromatic nitrogens is 4. The van der Waals surface area contributed by atoms with E-state index in [1.807, 2.05) is 0 Å². The van der Waals surface area contributed by atoms with E-state index in [4.69, 9.17) is 4.84 Å². The van der Waals surface area contributed by atoms with Crippen LogP contribution in [0.15, 0.2) is 17.8 Å². The van der Waals surface area contributed by atoms with Gasteiger partial charge in [0.1, 0.15) is 11.2 Å². The number of hydrogen-bond donors (Lipinski definition) is 0. The predicted octanol–water partition coefficient (Wildman–Crippen LogP) is 0.357. The number of nitrogens with zero attached hydrogens (tertiary/aromatic N) is 5. The number of thiophene rings is 1. The molecule has 16 heavy (non-hydrogen) atoms. The predicted molar refractivity (Wildman–Crippen MR) is 56.1 cm³/mol. The van der Waals surface area contributed by atoms with Crippen molar-refractivity contribution in [1.29, 1.82) is 0 Å². The molecule has 0 saturated carbocycles. The van der Waals surface area contributed by atoms with Crippen LogP contribution in [0.2, 0.25) is 0 Å². The summed E-state index contributed by atoms with van der Waals surface area (Å²) >= 11 is 1.31. The van der Waals surface area contributed by atoms with E-state index in [0.29, 0.717) is 10.6 Å². The third-order valence-corrected chi connectivity index (χ3v) is 2.89. The van der Waals surface area contributed by atoms with Crippen LogP contribution in [-0.4, -0.2) is 45.3 Å². The van der Waals surface area contributed by atoms with Crippen molar-refractivity contribution in [3.8, 4) is 5.69 Å². The first-order chi connectivity index (χ1) is 7.74. The van der Waals surface area contributed by atoms with E-state index >= 15 is 0 Å². The molecule has 8 heteroatoms. The highest BCUT2D eigenvalue weighted by molar-refractivity contribution is 7.12. The summed E-state index contributed by atoms with van der Waals surface area (Å²) in [7, 11) is 2.98. The van der Waals surface area contributed by atoms with Gasteiger partial charge >= 0.3 is 0 Å². The van der Waals surface area contributed by atoms with E-state index < -0.39 is 0 Å². The summed E-state index contributed by atoms with van der Waals surface area (Å²) < 4.78 is 1.44. The Morgan fingerprint density at radius 3 is 3.06 bits per heavy atom. The van der Waals surface area contributed by atoms with Crippen molar-refractivity contribution in [2.24, 2.45) is 0 Å². The van der Waals surface area contributed by atoms with Gasteiger partial charge in [0, 0.05) is 7.05 Å². The summed E-state index contributed by atoms with van der Waals surface area (Å²) in [5.41, 5.74) is 0.643. The van der Waals surface area contributed by atoms with Gasteiger partial charge in [0.05, 0.1) is 12.8 Å². The third kappa shape index (κ3) is 1.79. The first-order valence-electron chi connectivity index (χ1n) is 4.37. The lowest BCUT2D eigenvalue weighted by Gasteiger charge is -2.13. The zero-order valence-corrected chi connectivity index (χ0v) is 9.51. The zero-order chi connectivity index (χ0) is 11.5. The Hall–Kier alpha value is -1.80. The molecule has 0 aliphatic rings. The van der Waals surface area contributed by atoms with Crippen LogP contribution in [0.5, 0.6) is 0 Å².